The molecule has 0 amide bonds. The van der Waals surface area contributed by atoms with Gasteiger partial charge >= 0.3 is 0 Å². The van der Waals surface area contributed by atoms with Crippen LogP contribution in [0.5, 0.6) is 0 Å². The van der Waals surface area contributed by atoms with Gasteiger partial charge in [-0.1, -0.05) is 78.1 Å². The zero-order valence-corrected chi connectivity index (χ0v) is 17.4. The number of hydrogen-bond donors (Lipinski definition) is 0. The maximum absolute atomic E-state index is 2.50. The summed E-state index contributed by atoms with van der Waals surface area (Å²) in [7, 11) is 0. The van der Waals surface area contributed by atoms with Crippen LogP contribution in [0.15, 0.2) is 0 Å². The molecule has 0 aromatic carbocycles. The second-order valence-electron chi connectivity index (χ2n) is 7.96. The molecule has 0 bridgehead atoms. The van der Waals surface area contributed by atoms with E-state index < -0.39 is 0 Å². The maximum atomic E-state index is 2.50. The second-order valence-corrected chi connectivity index (χ2v) is 10.5. The first kappa shape index (κ1) is 20.0. The minimum Gasteiger partial charge on any atom is -0.157 e. The van der Waals surface area contributed by atoms with Crippen LogP contribution < -0.4 is 0 Å². The molecule has 0 nitrogen and oxygen atoms in total. The van der Waals surface area contributed by atoms with Gasteiger partial charge in [0.05, 0.1) is 0 Å². The van der Waals surface area contributed by atoms with Gasteiger partial charge in [0.1, 0.15) is 0 Å². The Morgan fingerprint density at radius 1 is 0.696 bits per heavy atom. The molecule has 0 aliphatic carbocycles. The standard InChI is InChI=1S/C21H40S2/c1-3-4-5-6-7-8-9-10-11-12-13-19-15-17-23-21(19)20-18(2)14-16-22-20/h18-21H,3-17H2,1-2H3. The van der Waals surface area contributed by atoms with E-state index in [1.54, 1.807) is 0 Å². The summed E-state index contributed by atoms with van der Waals surface area (Å²) < 4.78 is 0. The SMILES string of the molecule is CCCCCCCCCCCCC1CCSC1C1SCCC1C. The van der Waals surface area contributed by atoms with E-state index in [0.717, 1.165) is 22.3 Å². The van der Waals surface area contributed by atoms with Crippen molar-refractivity contribution in [3.8, 4) is 0 Å². The number of rotatable bonds is 12. The Hall–Kier alpha value is 0.700. The minimum atomic E-state index is 0.978. The van der Waals surface area contributed by atoms with Crippen LogP contribution in [0, 0.1) is 11.8 Å². The van der Waals surface area contributed by atoms with Gasteiger partial charge in [0, 0.05) is 10.5 Å². The van der Waals surface area contributed by atoms with Crippen LogP contribution in [0.1, 0.15) is 97.3 Å². The minimum absolute atomic E-state index is 0.978. The first-order chi connectivity index (χ1) is 11.3. The molecule has 0 aromatic heterocycles. The molecule has 2 aliphatic rings. The Morgan fingerprint density at radius 3 is 1.87 bits per heavy atom. The molecular weight excluding hydrogens is 316 g/mol. The Morgan fingerprint density at radius 2 is 1.26 bits per heavy atom. The average Bonchev–Trinajstić information content (AvgIpc) is 3.17. The summed E-state index contributed by atoms with van der Waals surface area (Å²) in [5.74, 6) is 4.89. The maximum Gasteiger partial charge on any atom is 0.0197 e. The summed E-state index contributed by atoms with van der Waals surface area (Å²) in [4.78, 5) is 0. The van der Waals surface area contributed by atoms with Crippen LogP contribution in [0.4, 0.5) is 0 Å². The fraction of sp³-hybridized carbons (Fsp3) is 1.00. The molecule has 23 heavy (non-hydrogen) atoms. The van der Waals surface area contributed by atoms with E-state index in [4.69, 9.17) is 0 Å². The highest BCUT2D eigenvalue weighted by Gasteiger charge is 2.39. The molecule has 0 saturated carbocycles. The van der Waals surface area contributed by atoms with Crippen molar-refractivity contribution in [3.05, 3.63) is 0 Å². The third-order valence-corrected chi connectivity index (χ3v) is 9.28. The van der Waals surface area contributed by atoms with E-state index >= 15 is 0 Å². The van der Waals surface area contributed by atoms with Crippen molar-refractivity contribution >= 4 is 23.5 Å². The van der Waals surface area contributed by atoms with Crippen molar-refractivity contribution in [1.82, 2.24) is 0 Å². The molecule has 2 heteroatoms. The van der Waals surface area contributed by atoms with Gasteiger partial charge < -0.3 is 0 Å². The van der Waals surface area contributed by atoms with Crippen molar-refractivity contribution in [2.45, 2.75) is 108 Å². The van der Waals surface area contributed by atoms with Crippen molar-refractivity contribution in [2.24, 2.45) is 11.8 Å². The fourth-order valence-corrected chi connectivity index (χ4v) is 8.20. The van der Waals surface area contributed by atoms with Gasteiger partial charge in [-0.3, -0.25) is 0 Å². The molecule has 0 N–H and O–H groups in total. The van der Waals surface area contributed by atoms with Crippen LogP contribution in [-0.4, -0.2) is 22.0 Å². The molecule has 0 aromatic rings. The summed E-state index contributed by atoms with van der Waals surface area (Å²) in [5, 5.41) is 1.98. The van der Waals surface area contributed by atoms with E-state index in [1.807, 2.05) is 0 Å². The van der Waals surface area contributed by atoms with Crippen LogP contribution in [-0.2, 0) is 0 Å². The molecule has 2 fully saturated rings. The smallest absolute Gasteiger partial charge is 0.0197 e. The Bertz CT molecular complexity index is 292. The molecule has 4 unspecified atom stereocenters. The van der Waals surface area contributed by atoms with Crippen LogP contribution in [0.3, 0.4) is 0 Å². The molecule has 2 rings (SSSR count). The van der Waals surface area contributed by atoms with Crippen LogP contribution in [0.2, 0.25) is 0 Å². The van der Waals surface area contributed by atoms with Gasteiger partial charge in [0.25, 0.3) is 0 Å². The third-order valence-electron chi connectivity index (χ3n) is 5.96. The van der Waals surface area contributed by atoms with Crippen LogP contribution >= 0.6 is 23.5 Å². The molecule has 2 aliphatic heterocycles. The number of thioether (sulfide) groups is 2. The van der Waals surface area contributed by atoms with Crippen molar-refractivity contribution in [1.29, 1.82) is 0 Å². The number of hydrogen-bond acceptors (Lipinski definition) is 2. The van der Waals surface area contributed by atoms with Crippen molar-refractivity contribution in [3.63, 3.8) is 0 Å². The molecule has 4 atom stereocenters. The highest BCUT2D eigenvalue weighted by molar-refractivity contribution is 8.04. The lowest BCUT2D eigenvalue weighted by Crippen LogP contribution is -2.27. The zero-order valence-electron chi connectivity index (χ0n) is 15.7. The molecular formula is C21H40S2. The molecule has 2 saturated heterocycles. The van der Waals surface area contributed by atoms with Gasteiger partial charge in [0.15, 0.2) is 0 Å². The Balaban J connectivity index is 1.47. The highest BCUT2D eigenvalue weighted by atomic mass is 32.2. The zero-order chi connectivity index (χ0) is 16.3. The lowest BCUT2D eigenvalue weighted by atomic mass is 9.89. The first-order valence-corrected chi connectivity index (χ1v) is 12.7. The van der Waals surface area contributed by atoms with Crippen molar-refractivity contribution < 1.29 is 0 Å². The predicted octanol–water partition coefficient (Wildman–Crippen LogP) is 7.56. The topological polar surface area (TPSA) is 0 Å². The lowest BCUT2D eigenvalue weighted by Gasteiger charge is -2.27. The fourth-order valence-electron chi connectivity index (χ4n) is 4.36. The monoisotopic (exact) mass is 356 g/mol. The summed E-state index contributed by atoms with van der Waals surface area (Å²) in [6, 6.07) is 0. The van der Waals surface area contributed by atoms with Gasteiger partial charge in [0.2, 0.25) is 0 Å². The van der Waals surface area contributed by atoms with E-state index in [0.29, 0.717) is 0 Å². The van der Waals surface area contributed by atoms with Gasteiger partial charge in [-0.25, -0.2) is 0 Å². The molecule has 136 valence electrons. The highest BCUT2D eigenvalue weighted by Crippen LogP contribution is 2.47. The summed E-state index contributed by atoms with van der Waals surface area (Å²) in [6.45, 7) is 4.81. The van der Waals surface area contributed by atoms with Gasteiger partial charge in [-0.2, -0.15) is 23.5 Å². The number of unbranched alkanes of at least 4 members (excludes halogenated alkanes) is 9. The largest absolute Gasteiger partial charge is 0.157 e. The third kappa shape index (κ3) is 7.22. The van der Waals surface area contributed by atoms with E-state index in [2.05, 4.69) is 37.4 Å². The quantitative estimate of drug-likeness (QED) is 0.331. The summed E-state index contributed by atoms with van der Waals surface area (Å²) in [6.07, 6.45) is 19.2. The summed E-state index contributed by atoms with van der Waals surface area (Å²) >= 11 is 4.60. The summed E-state index contributed by atoms with van der Waals surface area (Å²) in [5.41, 5.74) is 0. The Kier molecular flexibility index (Phi) is 10.5. The second kappa shape index (κ2) is 12.1. The van der Waals surface area contributed by atoms with E-state index in [1.165, 1.54) is 95.0 Å². The van der Waals surface area contributed by atoms with Gasteiger partial charge in [-0.05, 0) is 42.6 Å². The Labute approximate surface area is 154 Å². The molecule has 2 heterocycles. The van der Waals surface area contributed by atoms with E-state index in [-0.39, 0.29) is 0 Å². The first-order valence-electron chi connectivity index (χ1n) is 10.6. The van der Waals surface area contributed by atoms with Gasteiger partial charge in [-0.15, -0.1) is 0 Å². The lowest BCUT2D eigenvalue weighted by molar-refractivity contribution is 0.406. The van der Waals surface area contributed by atoms with E-state index in [9.17, 15) is 0 Å². The van der Waals surface area contributed by atoms with Crippen LogP contribution in [0.25, 0.3) is 0 Å². The normalized spacial score (nSPS) is 31.0. The van der Waals surface area contributed by atoms with Crippen molar-refractivity contribution in [2.75, 3.05) is 11.5 Å². The average molecular weight is 357 g/mol. The predicted molar refractivity (Wildman–Crippen MR) is 111 cm³/mol. The molecule has 0 spiro atoms. The molecule has 0 radical (unpaired) electrons.